The first kappa shape index (κ1) is 13.7. The van der Waals surface area contributed by atoms with Gasteiger partial charge in [-0.05, 0) is 50.4 Å². The van der Waals surface area contributed by atoms with Gasteiger partial charge in [-0.25, -0.2) is 0 Å². The molecule has 0 aliphatic carbocycles. The zero-order chi connectivity index (χ0) is 13.0. The Morgan fingerprint density at radius 1 is 1.33 bits per heavy atom. The lowest BCUT2D eigenvalue weighted by Crippen LogP contribution is -2.20. The van der Waals surface area contributed by atoms with E-state index < -0.39 is 0 Å². The summed E-state index contributed by atoms with van der Waals surface area (Å²) < 4.78 is 0. The van der Waals surface area contributed by atoms with E-state index in [2.05, 4.69) is 42.3 Å². The number of nitrogens with zero attached hydrogens (tertiary/aromatic N) is 1. The van der Waals surface area contributed by atoms with Crippen LogP contribution < -0.4 is 10.2 Å². The molecule has 1 saturated heterocycles. The minimum Gasteiger partial charge on any atom is -0.371 e. The molecule has 3 heteroatoms. The summed E-state index contributed by atoms with van der Waals surface area (Å²) in [4.78, 5) is 2.42. The summed E-state index contributed by atoms with van der Waals surface area (Å²) in [7, 11) is 0. The van der Waals surface area contributed by atoms with E-state index in [4.69, 9.17) is 11.6 Å². The van der Waals surface area contributed by atoms with Crippen LogP contribution in [0.5, 0.6) is 0 Å². The molecule has 1 heterocycles. The largest absolute Gasteiger partial charge is 0.371 e. The molecule has 1 aliphatic rings. The van der Waals surface area contributed by atoms with Gasteiger partial charge in [-0.15, -0.1) is 0 Å². The van der Waals surface area contributed by atoms with Crippen molar-refractivity contribution >= 4 is 17.3 Å². The van der Waals surface area contributed by atoms with Crippen LogP contribution in [0.2, 0.25) is 5.02 Å². The maximum Gasteiger partial charge on any atom is 0.0474 e. The van der Waals surface area contributed by atoms with E-state index in [0.717, 1.165) is 18.0 Å². The van der Waals surface area contributed by atoms with Gasteiger partial charge in [-0.3, -0.25) is 0 Å². The summed E-state index contributed by atoms with van der Waals surface area (Å²) >= 11 is 6.41. The molecule has 1 N–H and O–H groups in total. The molecule has 0 aromatic heterocycles. The van der Waals surface area contributed by atoms with E-state index in [1.54, 1.807) is 0 Å². The monoisotopic (exact) mass is 266 g/mol. The van der Waals surface area contributed by atoms with E-state index in [9.17, 15) is 0 Å². The maximum absolute atomic E-state index is 6.41. The SMILES string of the molecule is CCCNC(C)c1ccc(N2CCCC2)cc1Cl. The van der Waals surface area contributed by atoms with Gasteiger partial charge in [-0.1, -0.05) is 24.6 Å². The van der Waals surface area contributed by atoms with Gasteiger partial charge < -0.3 is 10.2 Å². The predicted molar refractivity (Wildman–Crippen MR) is 79.6 cm³/mol. The average Bonchev–Trinajstić information content (AvgIpc) is 2.89. The molecular formula is C15H23ClN2. The van der Waals surface area contributed by atoms with Crippen LogP contribution in [0, 0.1) is 0 Å². The van der Waals surface area contributed by atoms with Crippen molar-refractivity contribution in [3.05, 3.63) is 28.8 Å². The topological polar surface area (TPSA) is 15.3 Å². The van der Waals surface area contributed by atoms with Crippen LogP contribution in [0.4, 0.5) is 5.69 Å². The molecule has 1 aromatic carbocycles. The van der Waals surface area contributed by atoms with Gasteiger partial charge in [0.1, 0.15) is 0 Å². The summed E-state index contributed by atoms with van der Waals surface area (Å²) in [5, 5.41) is 4.37. The fourth-order valence-corrected chi connectivity index (χ4v) is 2.85. The lowest BCUT2D eigenvalue weighted by Gasteiger charge is -2.21. The minimum atomic E-state index is 0.324. The highest BCUT2D eigenvalue weighted by molar-refractivity contribution is 6.31. The number of rotatable bonds is 5. The van der Waals surface area contributed by atoms with Crippen LogP contribution in [-0.2, 0) is 0 Å². The molecule has 100 valence electrons. The highest BCUT2D eigenvalue weighted by Gasteiger charge is 2.15. The van der Waals surface area contributed by atoms with Crippen LogP contribution in [0.25, 0.3) is 0 Å². The second kappa shape index (κ2) is 6.44. The molecule has 0 saturated carbocycles. The van der Waals surface area contributed by atoms with Gasteiger partial charge in [0.05, 0.1) is 0 Å². The minimum absolute atomic E-state index is 0.324. The fourth-order valence-electron chi connectivity index (χ4n) is 2.51. The number of nitrogens with one attached hydrogen (secondary N) is 1. The summed E-state index contributed by atoms with van der Waals surface area (Å²) in [6.07, 6.45) is 3.75. The molecule has 0 amide bonds. The summed E-state index contributed by atoms with van der Waals surface area (Å²) in [5.41, 5.74) is 2.47. The molecule has 1 aliphatic heterocycles. The third-order valence-electron chi connectivity index (χ3n) is 3.62. The Hall–Kier alpha value is -0.730. The van der Waals surface area contributed by atoms with E-state index >= 15 is 0 Å². The predicted octanol–water partition coefficient (Wildman–Crippen LogP) is 4.00. The van der Waals surface area contributed by atoms with Crippen molar-refractivity contribution in [1.82, 2.24) is 5.32 Å². The van der Waals surface area contributed by atoms with Crippen molar-refractivity contribution in [2.24, 2.45) is 0 Å². The third-order valence-corrected chi connectivity index (χ3v) is 3.95. The molecule has 2 rings (SSSR count). The Balaban J connectivity index is 2.09. The molecule has 18 heavy (non-hydrogen) atoms. The van der Waals surface area contributed by atoms with Crippen LogP contribution >= 0.6 is 11.6 Å². The summed E-state index contributed by atoms with van der Waals surface area (Å²) in [6, 6.07) is 6.82. The van der Waals surface area contributed by atoms with Crippen molar-refractivity contribution in [2.75, 3.05) is 24.5 Å². The molecule has 0 spiro atoms. The van der Waals surface area contributed by atoms with Crippen LogP contribution in [0.1, 0.15) is 44.7 Å². The number of halogens is 1. The first-order valence-electron chi connectivity index (χ1n) is 7.00. The average molecular weight is 267 g/mol. The second-order valence-electron chi connectivity index (χ2n) is 5.08. The van der Waals surface area contributed by atoms with Crippen LogP contribution in [-0.4, -0.2) is 19.6 Å². The molecule has 0 radical (unpaired) electrons. The van der Waals surface area contributed by atoms with Gasteiger partial charge in [0, 0.05) is 29.8 Å². The maximum atomic E-state index is 6.41. The first-order chi connectivity index (χ1) is 8.72. The molecule has 1 unspecified atom stereocenters. The third kappa shape index (κ3) is 3.18. The number of hydrogen-bond donors (Lipinski definition) is 1. The van der Waals surface area contributed by atoms with Crippen LogP contribution in [0.3, 0.4) is 0 Å². The lowest BCUT2D eigenvalue weighted by atomic mass is 10.1. The highest BCUT2D eigenvalue weighted by Crippen LogP contribution is 2.29. The van der Waals surface area contributed by atoms with Gasteiger partial charge >= 0.3 is 0 Å². The van der Waals surface area contributed by atoms with Crippen molar-refractivity contribution in [2.45, 2.75) is 39.2 Å². The Labute approximate surface area is 115 Å². The van der Waals surface area contributed by atoms with E-state index in [1.807, 2.05) is 0 Å². The molecular weight excluding hydrogens is 244 g/mol. The van der Waals surface area contributed by atoms with E-state index in [1.165, 1.54) is 37.2 Å². The van der Waals surface area contributed by atoms with Crippen molar-refractivity contribution in [1.29, 1.82) is 0 Å². The summed E-state index contributed by atoms with van der Waals surface area (Å²) in [6.45, 7) is 7.72. The first-order valence-corrected chi connectivity index (χ1v) is 7.38. The zero-order valence-electron chi connectivity index (χ0n) is 11.4. The van der Waals surface area contributed by atoms with Crippen molar-refractivity contribution in [3.63, 3.8) is 0 Å². The number of benzene rings is 1. The quantitative estimate of drug-likeness (QED) is 0.867. The smallest absolute Gasteiger partial charge is 0.0474 e. The van der Waals surface area contributed by atoms with Gasteiger partial charge in [0.25, 0.3) is 0 Å². The van der Waals surface area contributed by atoms with E-state index in [-0.39, 0.29) is 0 Å². The molecule has 1 aromatic rings. The van der Waals surface area contributed by atoms with Gasteiger partial charge in [0.15, 0.2) is 0 Å². The normalized spacial score (nSPS) is 17.2. The standard InChI is InChI=1S/C15H23ClN2/c1-3-8-17-12(2)14-7-6-13(11-15(14)16)18-9-4-5-10-18/h6-7,11-12,17H,3-5,8-10H2,1-2H3. The van der Waals surface area contributed by atoms with Crippen molar-refractivity contribution < 1.29 is 0 Å². The second-order valence-corrected chi connectivity index (χ2v) is 5.48. The summed E-state index contributed by atoms with van der Waals surface area (Å²) in [5.74, 6) is 0. The molecule has 1 atom stereocenters. The van der Waals surface area contributed by atoms with Crippen molar-refractivity contribution in [3.8, 4) is 0 Å². The Morgan fingerprint density at radius 3 is 2.67 bits per heavy atom. The van der Waals surface area contributed by atoms with Crippen LogP contribution in [0.15, 0.2) is 18.2 Å². The lowest BCUT2D eigenvalue weighted by molar-refractivity contribution is 0.571. The fraction of sp³-hybridized carbons (Fsp3) is 0.600. The Kier molecular flexibility index (Phi) is 4.90. The number of anilines is 1. The molecule has 0 bridgehead atoms. The van der Waals surface area contributed by atoms with Gasteiger partial charge in [0.2, 0.25) is 0 Å². The Morgan fingerprint density at radius 2 is 2.06 bits per heavy atom. The molecule has 1 fully saturated rings. The van der Waals surface area contributed by atoms with Gasteiger partial charge in [-0.2, -0.15) is 0 Å². The zero-order valence-corrected chi connectivity index (χ0v) is 12.1. The number of hydrogen-bond acceptors (Lipinski definition) is 2. The van der Waals surface area contributed by atoms with E-state index in [0.29, 0.717) is 6.04 Å². The Bertz CT molecular complexity index is 386. The molecule has 2 nitrogen and oxygen atoms in total. The highest BCUT2D eigenvalue weighted by atomic mass is 35.5.